The second-order valence-electron chi connectivity index (χ2n) is 20.7. The number of benzene rings is 1. The van der Waals surface area contributed by atoms with Gasteiger partial charge in [0.1, 0.15) is 45.0 Å². The zero-order valence-electron chi connectivity index (χ0n) is 43.0. The summed E-state index contributed by atoms with van der Waals surface area (Å²) in [6.45, 7) is 14.0. The molecule has 6 atom stereocenters. The molecule has 10 rings (SSSR count). The number of nitrogen functional groups attached to an aromatic ring is 1. The summed E-state index contributed by atoms with van der Waals surface area (Å²) in [6, 6.07) is 15.1. The van der Waals surface area contributed by atoms with Crippen molar-refractivity contribution >= 4 is 51.3 Å². The van der Waals surface area contributed by atoms with E-state index in [1.165, 1.54) is 20.9 Å². The van der Waals surface area contributed by atoms with E-state index in [1.54, 1.807) is 30.9 Å². The van der Waals surface area contributed by atoms with Gasteiger partial charge < -0.3 is 45.1 Å². The lowest BCUT2D eigenvalue weighted by molar-refractivity contribution is -0.462. The van der Waals surface area contributed by atoms with Gasteiger partial charge in [0, 0.05) is 66.5 Å². The summed E-state index contributed by atoms with van der Waals surface area (Å²) in [4.78, 5) is 57.3. The zero-order chi connectivity index (χ0) is 52.4. The number of thiophene rings is 1. The number of anilines is 2. The largest absolute Gasteiger partial charge is 0.455 e. The molecule has 3 aliphatic heterocycles. The molecule has 6 aromatic rings. The number of hydrogen-bond donors (Lipinski definition) is 4. The maximum absolute atomic E-state index is 14.2. The minimum absolute atomic E-state index is 0.0598. The Kier molecular flexibility index (Phi) is 14.9. The Hall–Kier alpha value is -7.41. The van der Waals surface area contributed by atoms with Crippen LogP contribution in [0.5, 0.6) is 0 Å². The van der Waals surface area contributed by atoms with E-state index in [4.69, 9.17) is 25.0 Å². The standard InChI is InChI=1S/C54H63N15O5S/c1-32(2)41(51(72)69-29-37(70)26-43(69)50(71)60-34(4)35-11-13-36(14-12-35)38-15-19-57-48-39(38)16-20-58-48)30-67-31-45(63-65-67)73-25-7-6-22-66-23-9-24-68(33(3)28-66)53-59-21-17-42(61-53)49-62-52(74-64-49)54(5)18-8-10-44-46(54)40(27-55)47(56)75-44/h11-17,19-21,30-34,37,41,43,70H,6-10,18,22-26,28-29,56H2,1-5H3,(H-,57,58,60,71)/p+1/b67-30+/t33-,34-,37?,41?,43-,54-/m0/s1. The zero-order valence-corrected chi connectivity index (χ0v) is 43.8. The van der Waals surface area contributed by atoms with Crippen molar-refractivity contribution < 1.29 is 28.6 Å². The number of aliphatic hydroxyl groups is 1. The number of unbranched alkanes of at least 4 members (excludes halogenated alkanes) is 1. The number of rotatable bonds is 16. The summed E-state index contributed by atoms with van der Waals surface area (Å²) < 4.78 is 13.4. The van der Waals surface area contributed by atoms with Crippen LogP contribution in [0.4, 0.5) is 10.9 Å². The first-order valence-electron chi connectivity index (χ1n) is 26.0. The minimum atomic E-state index is -0.826. The van der Waals surface area contributed by atoms with E-state index >= 15 is 0 Å². The molecule has 1 aromatic carbocycles. The molecule has 20 nitrogen and oxygen atoms in total. The number of β-amino-alcohol motifs (C(OH)–C–C–N with tert-alkyl or cyclic N) is 1. The van der Waals surface area contributed by atoms with Gasteiger partial charge in [0.2, 0.25) is 35.7 Å². The van der Waals surface area contributed by atoms with E-state index in [9.17, 15) is 20.0 Å². The van der Waals surface area contributed by atoms with Crippen LogP contribution in [0.25, 0.3) is 33.7 Å². The number of nitrogens with two attached hydrogens (primary N) is 1. The molecule has 2 fully saturated rings. The van der Waals surface area contributed by atoms with Crippen LogP contribution in [-0.2, 0) is 26.2 Å². The molecule has 8 heterocycles. The van der Waals surface area contributed by atoms with Crippen molar-refractivity contribution in [3.63, 3.8) is 0 Å². The van der Waals surface area contributed by atoms with Gasteiger partial charge in [-0.25, -0.2) is 15.0 Å². The van der Waals surface area contributed by atoms with E-state index in [2.05, 4.69) is 65.5 Å². The summed E-state index contributed by atoms with van der Waals surface area (Å²) in [5.74, 6) is 0.450. The number of likely N-dealkylation sites (tertiary alicyclic amines) is 1. The van der Waals surface area contributed by atoms with Crippen LogP contribution < -0.4 is 16.0 Å². The summed E-state index contributed by atoms with van der Waals surface area (Å²) in [5.41, 5.74) is 11.5. The number of amides is 2. The van der Waals surface area contributed by atoms with Gasteiger partial charge in [0.05, 0.1) is 35.6 Å². The second-order valence-corrected chi connectivity index (χ2v) is 21.8. The van der Waals surface area contributed by atoms with Gasteiger partial charge in [-0.1, -0.05) is 43.3 Å². The fraction of sp³-hybridized carbons (Fsp3) is 0.463. The smallest absolute Gasteiger partial charge is 0.398 e. The number of carbonyl (C=O) groups excluding carboxylic acids is 2. The third-order valence-corrected chi connectivity index (χ3v) is 16.1. The number of ether oxygens (including phenoxy) is 1. The number of H-pyrrole nitrogens is 1. The highest BCUT2D eigenvalue weighted by Gasteiger charge is 2.44. The van der Waals surface area contributed by atoms with Crippen LogP contribution in [0.3, 0.4) is 0 Å². The third kappa shape index (κ3) is 10.6. The molecule has 2 saturated heterocycles. The molecule has 390 valence electrons. The van der Waals surface area contributed by atoms with Crippen LogP contribution in [0.2, 0.25) is 0 Å². The number of aromatic amines is 1. The number of nitrogens with one attached hydrogen (secondary N) is 2. The van der Waals surface area contributed by atoms with Crippen molar-refractivity contribution in [2.24, 2.45) is 22.2 Å². The second kappa shape index (κ2) is 21.8. The lowest BCUT2D eigenvalue weighted by Crippen LogP contribution is -2.49. The van der Waals surface area contributed by atoms with Gasteiger partial charge >= 0.3 is 5.88 Å². The Morgan fingerprint density at radius 1 is 1.09 bits per heavy atom. The molecule has 75 heavy (non-hydrogen) atoms. The molecule has 2 unspecified atom stereocenters. The Morgan fingerprint density at radius 3 is 2.73 bits per heavy atom. The topological polar surface area (TPSA) is 256 Å². The highest BCUT2D eigenvalue weighted by atomic mass is 32.1. The highest BCUT2D eigenvalue weighted by molar-refractivity contribution is 7.16. The maximum atomic E-state index is 14.2. The van der Waals surface area contributed by atoms with Gasteiger partial charge in [-0.05, 0) is 113 Å². The first-order chi connectivity index (χ1) is 36.3. The van der Waals surface area contributed by atoms with Gasteiger partial charge in [-0.2, -0.15) is 10.2 Å². The number of carbonyl (C=O) groups is 2. The van der Waals surface area contributed by atoms with Crippen LogP contribution in [-0.4, -0.2) is 125 Å². The number of aliphatic hydroxyl groups excluding tert-OH is 1. The molecule has 0 radical (unpaired) electrons. The SMILES string of the molecule is CC(C)C(/C=[N+]1\C=C(OCCCCN2CCCN(c3nccc(-c4noc([C@@]5(C)CCCc6sc(N)c(C#N)c65)n4)n3)[C@@H](C)C2)N=N1)C(=O)N1CC(O)C[C@H]1C(=O)N[C@@H](C)c1ccc(-c2ccnc3[nH]ccc23)cc1. The monoisotopic (exact) mass is 1030 g/mol. The molecule has 1 aliphatic carbocycles. The van der Waals surface area contributed by atoms with Crippen LogP contribution in [0, 0.1) is 23.2 Å². The Morgan fingerprint density at radius 2 is 1.92 bits per heavy atom. The van der Waals surface area contributed by atoms with Gasteiger partial charge in [-0.15, -0.1) is 16.0 Å². The first kappa shape index (κ1) is 51.1. The number of pyridine rings is 1. The predicted molar refractivity (Wildman–Crippen MR) is 283 cm³/mol. The Bertz CT molecular complexity index is 3190. The number of nitrogens with zero attached hydrogens (tertiary/aromatic N) is 12. The normalized spacial score (nSPS) is 22.3. The average Bonchev–Trinajstić information content (AvgIpc) is 4.27. The summed E-state index contributed by atoms with van der Waals surface area (Å²) in [5, 5.41) is 38.2. The number of nitriles is 1. The number of fused-ring (bicyclic) bond motifs is 2. The molecule has 0 saturated carbocycles. The molecule has 0 bridgehead atoms. The van der Waals surface area contributed by atoms with Crippen molar-refractivity contribution in [2.45, 2.75) is 109 Å². The molecular weight excluding hydrogens is 971 g/mol. The molecule has 0 spiro atoms. The number of hydrogen-bond acceptors (Lipinski definition) is 17. The van der Waals surface area contributed by atoms with Crippen LogP contribution in [0.15, 0.2) is 88.0 Å². The third-order valence-electron chi connectivity index (χ3n) is 15.0. The lowest BCUT2D eigenvalue weighted by atomic mass is 9.72. The van der Waals surface area contributed by atoms with Gasteiger partial charge in [-0.3, -0.25) is 9.59 Å². The Balaban J connectivity index is 0.690. The predicted octanol–water partition coefficient (Wildman–Crippen LogP) is 7.30. The quantitative estimate of drug-likeness (QED) is 0.0548. The van der Waals surface area contributed by atoms with Crippen LogP contribution >= 0.6 is 11.3 Å². The Labute approximate surface area is 439 Å². The minimum Gasteiger partial charge on any atom is -0.455 e. The number of aromatic nitrogens is 6. The van der Waals surface area contributed by atoms with E-state index in [1.807, 2.05) is 63.4 Å². The average molecular weight is 1040 g/mol. The van der Waals surface area contributed by atoms with E-state index in [0.717, 1.165) is 103 Å². The molecular formula is C54H64N15O5S+. The molecule has 21 heteroatoms. The highest BCUT2D eigenvalue weighted by Crippen LogP contribution is 2.48. The summed E-state index contributed by atoms with van der Waals surface area (Å²) in [6.07, 6.45) is 13.3. The first-order valence-corrected chi connectivity index (χ1v) is 26.8. The van der Waals surface area contributed by atoms with Crippen LogP contribution in [0.1, 0.15) is 107 Å². The summed E-state index contributed by atoms with van der Waals surface area (Å²) in [7, 11) is 0. The molecule has 5 N–H and O–H groups in total. The van der Waals surface area contributed by atoms with E-state index in [0.29, 0.717) is 46.4 Å². The van der Waals surface area contributed by atoms with E-state index < -0.39 is 23.5 Å². The van der Waals surface area contributed by atoms with Crippen molar-refractivity contribution in [3.8, 4) is 28.7 Å². The van der Waals surface area contributed by atoms with Crippen molar-refractivity contribution in [1.82, 2.24) is 45.2 Å². The molecule has 5 aromatic heterocycles. The molecule has 2 amide bonds. The van der Waals surface area contributed by atoms with Crippen molar-refractivity contribution in [1.29, 1.82) is 5.26 Å². The van der Waals surface area contributed by atoms with Crippen molar-refractivity contribution in [3.05, 3.63) is 101 Å². The molecule has 4 aliphatic rings. The van der Waals surface area contributed by atoms with Gasteiger partial charge in [0.25, 0.3) is 0 Å². The fourth-order valence-electron chi connectivity index (χ4n) is 11.0. The lowest BCUT2D eigenvalue weighted by Gasteiger charge is -2.30. The number of aryl methyl sites for hydroxylation is 1. The maximum Gasteiger partial charge on any atom is 0.398 e. The fourth-order valence-corrected chi connectivity index (χ4v) is 12.2. The summed E-state index contributed by atoms with van der Waals surface area (Å²) >= 11 is 1.48. The van der Waals surface area contributed by atoms with E-state index in [-0.39, 0.29) is 42.8 Å². The van der Waals surface area contributed by atoms with Crippen molar-refractivity contribution in [2.75, 3.05) is 50.0 Å². The van der Waals surface area contributed by atoms with Gasteiger partial charge in [0.15, 0.2) is 0 Å².